The zero-order chi connectivity index (χ0) is 22.2. The van der Waals surface area contributed by atoms with E-state index in [1.54, 1.807) is 29.2 Å². The molecular formula is C26H23N3O3. The Labute approximate surface area is 186 Å². The van der Waals surface area contributed by atoms with Gasteiger partial charge < -0.3 is 10.2 Å². The smallest absolute Gasteiger partial charge is 0.262 e. The van der Waals surface area contributed by atoms with E-state index in [0.717, 1.165) is 21.8 Å². The highest BCUT2D eigenvalue weighted by atomic mass is 16.2. The van der Waals surface area contributed by atoms with E-state index in [1.165, 1.54) is 0 Å². The number of nitrogens with zero attached hydrogens (tertiary/aromatic N) is 2. The van der Waals surface area contributed by atoms with Crippen molar-refractivity contribution in [2.75, 3.05) is 16.8 Å². The monoisotopic (exact) mass is 425 g/mol. The first-order valence-corrected chi connectivity index (χ1v) is 10.7. The van der Waals surface area contributed by atoms with E-state index in [2.05, 4.69) is 12.2 Å². The number of carbonyl (C=O) groups is 3. The average Bonchev–Trinajstić information content (AvgIpc) is 3.05. The van der Waals surface area contributed by atoms with Crippen LogP contribution in [-0.4, -0.2) is 35.2 Å². The van der Waals surface area contributed by atoms with Crippen molar-refractivity contribution < 1.29 is 14.4 Å². The average molecular weight is 425 g/mol. The van der Waals surface area contributed by atoms with Gasteiger partial charge in [0.15, 0.2) is 0 Å². The third kappa shape index (κ3) is 3.34. The van der Waals surface area contributed by atoms with Crippen LogP contribution in [0.1, 0.15) is 45.7 Å². The Bertz CT molecular complexity index is 1170. The molecular weight excluding hydrogens is 402 g/mol. The number of carbonyl (C=O) groups excluding carboxylic acids is 3. The molecule has 2 heterocycles. The number of fused-ring (bicyclic) bond motifs is 2. The molecule has 6 heteroatoms. The number of hydrogen-bond donors (Lipinski definition) is 1. The number of amides is 3. The maximum absolute atomic E-state index is 13.7. The molecule has 3 aromatic carbocycles. The van der Waals surface area contributed by atoms with Gasteiger partial charge in [-0.1, -0.05) is 48.5 Å². The standard InChI is InChI=1S/C26H23N3O3/c1-17-15-23(21-13-7-8-14-22(21)27-17)29(18-9-3-2-4-10-18)24(30)16-28-25(31)19-11-5-6-12-20(19)26(28)32/h2-14,17,23,27H,15-16H2,1H3/t17-,23-/m0/s1. The van der Waals surface area contributed by atoms with Crippen LogP contribution in [0.4, 0.5) is 11.4 Å². The number of anilines is 2. The lowest BCUT2D eigenvalue weighted by Gasteiger charge is -2.39. The van der Waals surface area contributed by atoms with Crippen LogP contribution in [0.25, 0.3) is 0 Å². The first-order chi connectivity index (χ1) is 15.5. The minimum Gasteiger partial charge on any atom is -0.382 e. The van der Waals surface area contributed by atoms with Crippen molar-refractivity contribution >= 4 is 29.1 Å². The van der Waals surface area contributed by atoms with Gasteiger partial charge in [-0.15, -0.1) is 0 Å². The second-order valence-corrected chi connectivity index (χ2v) is 8.23. The second-order valence-electron chi connectivity index (χ2n) is 8.23. The van der Waals surface area contributed by atoms with Crippen LogP contribution in [0, 0.1) is 0 Å². The van der Waals surface area contributed by atoms with Crippen molar-refractivity contribution in [1.29, 1.82) is 0 Å². The van der Waals surface area contributed by atoms with Crippen molar-refractivity contribution in [3.63, 3.8) is 0 Å². The lowest BCUT2D eigenvalue weighted by molar-refractivity contribution is -0.119. The summed E-state index contributed by atoms with van der Waals surface area (Å²) in [5, 5.41) is 3.48. The summed E-state index contributed by atoms with van der Waals surface area (Å²) in [7, 11) is 0. The van der Waals surface area contributed by atoms with E-state index in [-0.39, 0.29) is 24.5 Å². The summed E-state index contributed by atoms with van der Waals surface area (Å²) >= 11 is 0. The molecule has 2 aliphatic rings. The maximum atomic E-state index is 13.7. The van der Waals surface area contributed by atoms with Crippen LogP contribution in [0.3, 0.4) is 0 Å². The van der Waals surface area contributed by atoms with Crippen LogP contribution in [-0.2, 0) is 4.79 Å². The first-order valence-electron chi connectivity index (χ1n) is 10.7. The highest BCUT2D eigenvalue weighted by Crippen LogP contribution is 2.39. The highest BCUT2D eigenvalue weighted by Gasteiger charge is 2.39. The minimum atomic E-state index is -0.425. The van der Waals surface area contributed by atoms with Crippen molar-refractivity contribution in [2.45, 2.75) is 25.4 Å². The number of imide groups is 1. The molecule has 0 spiro atoms. The van der Waals surface area contributed by atoms with Crippen LogP contribution < -0.4 is 10.2 Å². The van der Waals surface area contributed by atoms with Crippen molar-refractivity contribution in [3.05, 3.63) is 95.6 Å². The fourth-order valence-electron chi connectivity index (χ4n) is 4.63. The molecule has 32 heavy (non-hydrogen) atoms. The largest absolute Gasteiger partial charge is 0.382 e. The first kappa shape index (κ1) is 20.0. The molecule has 1 N–H and O–H groups in total. The Morgan fingerprint density at radius 3 is 2.19 bits per heavy atom. The summed E-state index contributed by atoms with van der Waals surface area (Å²) in [6.45, 7) is 1.78. The van der Waals surface area contributed by atoms with Gasteiger partial charge in [-0.2, -0.15) is 0 Å². The van der Waals surface area contributed by atoms with E-state index >= 15 is 0 Å². The van der Waals surface area contributed by atoms with Gasteiger partial charge in [0.05, 0.1) is 17.2 Å². The van der Waals surface area contributed by atoms with Gasteiger partial charge in [0, 0.05) is 17.4 Å². The third-order valence-electron chi connectivity index (χ3n) is 6.08. The highest BCUT2D eigenvalue weighted by molar-refractivity contribution is 6.22. The summed E-state index contributed by atoms with van der Waals surface area (Å²) in [5.74, 6) is -1.14. The Balaban J connectivity index is 1.51. The Hall–Kier alpha value is -3.93. The Kier molecular flexibility index (Phi) is 4.98. The predicted molar refractivity (Wildman–Crippen MR) is 123 cm³/mol. The van der Waals surface area contributed by atoms with Crippen LogP contribution in [0.2, 0.25) is 0 Å². The van der Waals surface area contributed by atoms with Gasteiger partial charge in [-0.05, 0) is 49.2 Å². The molecule has 0 aromatic heterocycles. The lowest BCUT2D eigenvalue weighted by Crippen LogP contribution is -2.46. The summed E-state index contributed by atoms with van der Waals surface area (Å²) in [6.07, 6.45) is 0.708. The summed E-state index contributed by atoms with van der Waals surface area (Å²) in [5.41, 5.74) is 3.44. The quantitative estimate of drug-likeness (QED) is 0.634. The molecule has 0 fully saturated rings. The minimum absolute atomic E-state index is 0.160. The van der Waals surface area contributed by atoms with Gasteiger partial charge in [0.1, 0.15) is 6.54 Å². The number of benzene rings is 3. The molecule has 5 rings (SSSR count). The molecule has 160 valence electrons. The topological polar surface area (TPSA) is 69.7 Å². The van der Waals surface area contributed by atoms with Gasteiger partial charge in [0.2, 0.25) is 5.91 Å². The van der Waals surface area contributed by atoms with Crippen LogP contribution in [0.5, 0.6) is 0 Å². The van der Waals surface area contributed by atoms with Gasteiger partial charge >= 0.3 is 0 Å². The summed E-state index contributed by atoms with van der Waals surface area (Å²) < 4.78 is 0. The van der Waals surface area contributed by atoms with Gasteiger partial charge in [-0.25, -0.2) is 0 Å². The van der Waals surface area contributed by atoms with E-state index < -0.39 is 11.8 Å². The normalized spacial score (nSPS) is 19.2. The van der Waals surface area contributed by atoms with Crippen molar-refractivity contribution in [3.8, 4) is 0 Å². The molecule has 0 unspecified atom stereocenters. The van der Waals surface area contributed by atoms with Crippen LogP contribution in [0.15, 0.2) is 78.9 Å². The Morgan fingerprint density at radius 2 is 1.50 bits per heavy atom. The fraction of sp³-hybridized carbons (Fsp3) is 0.192. The molecule has 2 aliphatic heterocycles. The molecule has 0 aliphatic carbocycles. The lowest BCUT2D eigenvalue weighted by atomic mass is 9.91. The Morgan fingerprint density at radius 1 is 0.906 bits per heavy atom. The number of hydrogen-bond acceptors (Lipinski definition) is 4. The molecule has 0 bridgehead atoms. The van der Waals surface area contributed by atoms with E-state index in [0.29, 0.717) is 17.5 Å². The molecule has 6 nitrogen and oxygen atoms in total. The molecule has 0 saturated heterocycles. The predicted octanol–water partition coefficient (Wildman–Crippen LogP) is 4.26. The van der Waals surface area contributed by atoms with Gasteiger partial charge in [-0.3, -0.25) is 19.3 Å². The zero-order valence-corrected chi connectivity index (χ0v) is 17.7. The van der Waals surface area contributed by atoms with Gasteiger partial charge in [0.25, 0.3) is 11.8 Å². The van der Waals surface area contributed by atoms with E-state index in [4.69, 9.17) is 0 Å². The van der Waals surface area contributed by atoms with Crippen molar-refractivity contribution in [1.82, 2.24) is 4.90 Å². The molecule has 0 saturated carbocycles. The van der Waals surface area contributed by atoms with E-state index in [1.807, 2.05) is 54.6 Å². The molecule has 3 aromatic rings. The number of nitrogens with one attached hydrogen (secondary N) is 1. The summed E-state index contributed by atoms with van der Waals surface area (Å²) in [4.78, 5) is 42.2. The molecule has 0 radical (unpaired) electrons. The molecule has 3 amide bonds. The SMILES string of the molecule is C[C@H]1C[C@H](N(C(=O)CN2C(=O)c3ccccc3C2=O)c2ccccc2)c2ccccc2N1. The van der Waals surface area contributed by atoms with E-state index in [9.17, 15) is 14.4 Å². The number of para-hydroxylation sites is 2. The third-order valence-corrected chi connectivity index (χ3v) is 6.08. The zero-order valence-electron chi connectivity index (χ0n) is 17.7. The van der Waals surface area contributed by atoms with Crippen LogP contribution >= 0.6 is 0 Å². The van der Waals surface area contributed by atoms with Crippen molar-refractivity contribution in [2.24, 2.45) is 0 Å². The number of rotatable bonds is 4. The fourth-order valence-corrected chi connectivity index (χ4v) is 4.63. The molecule has 2 atom stereocenters. The maximum Gasteiger partial charge on any atom is 0.262 e. The second kappa shape index (κ2) is 7.96. The summed E-state index contributed by atoms with van der Waals surface area (Å²) in [6, 6.07) is 24.0.